The molecule has 0 aliphatic carbocycles. The number of nitrogens with two attached hydrogens (primary N) is 1. The molecule has 8 nitrogen and oxygen atoms in total. The maximum atomic E-state index is 13.0. The number of carbonyl (C=O) groups excluding carboxylic acids is 1. The van der Waals surface area contributed by atoms with Crippen LogP contribution in [0.2, 0.25) is 0 Å². The number of nitrogens with one attached hydrogen (secondary N) is 1. The van der Waals surface area contributed by atoms with Crippen molar-refractivity contribution < 1.29 is 22.3 Å². The number of fused-ring (bicyclic) bond motifs is 1. The molecule has 178 valence electrons. The highest BCUT2D eigenvalue weighted by Gasteiger charge is 2.30. The van der Waals surface area contributed by atoms with E-state index in [0.717, 1.165) is 34.2 Å². The molecule has 0 atom stereocenters. The fourth-order valence-electron chi connectivity index (χ4n) is 4.82. The van der Waals surface area contributed by atoms with Crippen molar-refractivity contribution in [3.05, 3.63) is 41.6 Å². The van der Waals surface area contributed by atoms with Crippen molar-refractivity contribution in [2.75, 3.05) is 24.6 Å². The zero-order chi connectivity index (χ0) is 23.4. The first-order valence-corrected chi connectivity index (χ1v) is 15.1. The number of sulfonamides is 1. The number of hydrogen-bond acceptors (Lipinski definition) is 6. The van der Waals surface area contributed by atoms with Gasteiger partial charge in [0.15, 0.2) is 0 Å². The molecule has 11 heteroatoms. The molecule has 4 heterocycles. The second kappa shape index (κ2) is 8.40. The second-order valence-corrected chi connectivity index (χ2v) is 14.4. The van der Waals surface area contributed by atoms with Gasteiger partial charge in [0.2, 0.25) is 0 Å². The molecule has 0 bridgehead atoms. The number of rotatable bonds is 5. The summed E-state index contributed by atoms with van der Waals surface area (Å²) in [4.78, 5) is 16.2. The van der Waals surface area contributed by atoms with E-state index in [9.17, 15) is 22.3 Å². The van der Waals surface area contributed by atoms with Gasteiger partial charge in [0.05, 0.1) is 11.1 Å². The van der Waals surface area contributed by atoms with E-state index < -0.39 is 26.5 Å². The van der Waals surface area contributed by atoms with Gasteiger partial charge >= 0.3 is 0 Å². The molecule has 2 fully saturated rings. The van der Waals surface area contributed by atoms with Gasteiger partial charge in [-0.1, -0.05) is 0 Å². The predicted octanol–water partition coefficient (Wildman–Crippen LogP) is 4.41. The lowest BCUT2D eigenvalue weighted by Gasteiger charge is -2.39. The summed E-state index contributed by atoms with van der Waals surface area (Å²) < 4.78 is 47.7. The fraction of sp³-hybridized carbons (Fsp3) is 0.409. The molecule has 2 aliphatic rings. The summed E-state index contributed by atoms with van der Waals surface area (Å²) in [6.45, 7) is 1.10. The van der Waals surface area contributed by atoms with Crippen LogP contribution in [0.15, 0.2) is 34.7 Å². The average Bonchev–Trinajstić information content (AvgIpc) is 3.53. The van der Waals surface area contributed by atoms with Crippen LogP contribution in [0.3, 0.4) is 0 Å². The van der Waals surface area contributed by atoms with Crippen molar-refractivity contribution in [1.82, 2.24) is 9.29 Å². The first-order chi connectivity index (χ1) is 15.7. The summed E-state index contributed by atoms with van der Waals surface area (Å²) >= 11 is 1.20. The normalized spacial score (nSPS) is 20.9. The number of aromatic nitrogens is 1. The van der Waals surface area contributed by atoms with Crippen molar-refractivity contribution in [2.45, 2.75) is 35.8 Å². The maximum absolute atomic E-state index is 13.0. The van der Waals surface area contributed by atoms with Crippen molar-refractivity contribution >= 4 is 48.8 Å². The molecular formula is C22H27N3O5S3. The number of carbonyl (C=O) groups is 1. The minimum absolute atomic E-state index is 0.143. The van der Waals surface area contributed by atoms with Crippen LogP contribution in [-0.4, -0.2) is 57.3 Å². The zero-order valence-corrected chi connectivity index (χ0v) is 20.4. The molecule has 5 rings (SSSR count). The lowest BCUT2D eigenvalue weighted by molar-refractivity contribution is 0.100. The molecule has 2 aromatic heterocycles. The quantitative estimate of drug-likeness (QED) is 0.404. The van der Waals surface area contributed by atoms with Crippen molar-refractivity contribution in [3.8, 4) is 10.4 Å². The number of thiophene rings is 1. The number of H-pyrrole nitrogens is 1. The van der Waals surface area contributed by atoms with Gasteiger partial charge in [-0.3, -0.25) is 13.9 Å². The van der Waals surface area contributed by atoms with E-state index in [2.05, 4.69) is 4.98 Å². The minimum atomic E-state index is -3.51. The molecule has 5 N–H and O–H groups in total. The Labute approximate surface area is 198 Å². The molecule has 2 saturated heterocycles. The van der Waals surface area contributed by atoms with Gasteiger partial charge in [0.25, 0.3) is 15.9 Å². The Morgan fingerprint density at radius 2 is 1.85 bits per heavy atom. The van der Waals surface area contributed by atoms with E-state index in [1.165, 1.54) is 15.6 Å². The van der Waals surface area contributed by atoms with Crippen molar-refractivity contribution in [2.24, 2.45) is 5.73 Å². The lowest BCUT2D eigenvalue weighted by atomic mass is 9.91. The molecule has 3 aromatic rings. The predicted molar refractivity (Wildman–Crippen MR) is 133 cm³/mol. The highest BCUT2D eigenvalue weighted by Crippen LogP contribution is 2.49. The van der Waals surface area contributed by atoms with Crippen LogP contribution in [0.25, 0.3) is 21.3 Å². The van der Waals surface area contributed by atoms with E-state index in [-0.39, 0.29) is 5.92 Å². The van der Waals surface area contributed by atoms with Gasteiger partial charge in [0.1, 0.15) is 4.21 Å². The highest BCUT2D eigenvalue weighted by atomic mass is 32.3. The van der Waals surface area contributed by atoms with Crippen LogP contribution in [0, 0.1) is 0 Å². The van der Waals surface area contributed by atoms with E-state index in [1.54, 1.807) is 18.2 Å². The summed E-state index contributed by atoms with van der Waals surface area (Å²) in [5.41, 5.74) is 8.45. The average molecular weight is 510 g/mol. The van der Waals surface area contributed by atoms with Gasteiger partial charge in [-0.2, -0.15) is 14.9 Å². The summed E-state index contributed by atoms with van der Waals surface area (Å²) in [6, 6.07) is 7.09. The van der Waals surface area contributed by atoms with E-state index in [1.807, 2.05) is 12.3 Å². The van der Waals surface area contributed by atoms with E-state index in [0.29, 0.717) is 52.7 Å². The Morgan fingerprint density at radius 3 is 2.52 bits per heavy atom. The van der Waals surface area contributed by atoms with E-state index >= 15 is 0 Å². The van der Waals surface area contributed by atoms with Crippen LogP contribution in [0.1, 0.15) is 47.5 Å². The van der Waals surface area contributed by atoms with Gasteiger partial charge in [-0.05, 0) is 67.0 Å². The first-order valence-electron chi connectivity index (χ1n) is 10.9. The number of aromatic amines is 1. The fourth-order valence-corrected chi connectivity index (χ4v) is 9.31. The van der Waals surface area contributed by atoms with Crippen LogP contribution in [-0.2, 0) is 10.0 Å². The Hall–Kier alpha value is -1.89. The smallest absolute Gasteiger partial charge is 0.252 e. The Bertz CT molecular complexity index is 1310. The third kappa shape index (κ3) is 4.22. The molecule has 33 heavy (non-hydrogen) atoms. The standard InChI is InChI=1S/C22H27N3O5S3/c23-22(26)17-12-15(19-3-4-20(31-19)33(29,30)25-7-1-2-8-25)11-16-18(13-24-21(16)17)14-5-9-32(27,28)10-6-14/h3-4,11-14,24,27-28H,1-2,5-10H2,(H2,23,26). The van der Waals surface area contributed by atoms with Crippen LogP contribution >= 0.6 is 21.9 Å². The second-order valence-electron chi connectivity index (χ2n) is 8.77. The molecule has 0 saturated carbocycles. The molecule has 0 unspecified atom stereocenters. The Morgan fingerprint density at radius 1 is 1.15 bits per heavy atom. The molecule has 2 aliphatic heterocycles. The number of nitrogens with zero attached hydrogens (tertiary/aromatic N) is 1. The summed E-state index contributed by atoms with van der Waals surface area (Å²) in [5, 5.41) is 0.863. The SMILES string of the molecule is NC(=O)c1cc(-c2ccc(S(=O)(=O)N3CCCC3)s2)cc2c(C3CCS(O)(O)CC3)c[nH]c12. The monoisotopic (exact) mass is 509 g/mol. The van der Waals surface area contributed by atoms with Crippen molar-refractivity contribution in [3.63, 3.8) is 0 Å². The number of primary amides is 1. The van der Waals surface area contributed by atoms with Gasteiger partial charge in [-0.25, -0.2) is 8.42 Å². The summed E-state index contributed by atoms with van der Waals surface area (Å²) in [5.74, 6) is 0.323. The number of benzene rings is 1. The van der Waals surface area contributed by atoms with Gasteiger partial charge < -0.3 is 10.7 Å². The first kappa shape index (κ1) is 22.9. The minimum Gasteiger partial charge on any atom is -0.366 e. The zero-order valence-electron chi connectivity index (χ0n) is 18.0. The highest BCUT2D eigenvalue weighted by molar-refractivity contribution is 8.24. The summed E-state index contributed by atoms with van der Waals surface area (Å²) in [7, 11) is -6.01. The van der Waals surface area contributed by atoms with E-state index in [4.69, 9.17) is 5.73 Å². The van der Waals surface area contributed by atoms with Crippen LogP contribution < -0.4 is 5.73 Å². The molecule has 1 aromatic carbocycles. The molecule has 0 radical (unpaired) electrons. The van der Waals surface area contributed by atoms with Crippen LogP contribution in [0.5, 0.6) is 0 Å². The Kier molecular flexibility index (Phi) is 5.82. The third-order valence-corrected chi connectivity index (χ3v) is 11.9. The Balaban J connectivity index is 1.55. The molecular weight excluding hydrogens is 482 g/mol. The summed E-state index contributed by atoms with van der Waals surface area (Å²) in [6.07, 6.45) is 4.94. The number of amides is 1. The van der Waals surface area contributed by atoms with Gasteiger partial charge in [-0.15, -0.1) is 11.3 Å². The van der Waals surface area contributed by atoms with Crippen molar-refractivity contribution in [1.29, 1.82) is 0 Å². The van der Waals surface area contributed by atoms with Gasteiger partial charge in [0, 0.05) is 41.1 Å². The lowest BCUT2D eigenvalue weighted by Crippen LogP contribution is -2.27. The largest absolute Gasteiger partial charge is 0.366 e. The van der Waals surface area contributed by atoms with Crippen LogP contribution in [0.4, 0.5) is 0 Å². The molecule has 1 amide bonds. The maximum Gasteiger partial charge on any atom is 0.252 e. The molecule has 0 spiro atoms. The topological polar surface area (TPSA) is 137 Å². The number of hydrogen-bond donors (Lipinski definition) is 4. The third-order valence-electron chi connectivity index (χ3n) is 6.64.